The van der Waals surface area contributed by atoms with Crippen LogP contribution >= 0.6 is 11.3 Å². The molecule has 0 aliphatic carbocycles. The number of amides is 2. The van der Waals surface area contributed by atoms with Crippen molar-refractivity contribution in [3.8, 4) is 11.8 Å². The number of nitrogens with zero attached hydrogens (tertiary/aromatic N) is 1. The Bertz CT molecular complexity index is 614. The molecule has 0 aromatic carbocycles. The van der Waals surface area contributed by atoms with Gasteiger partial charge in [0.1, 0.15) is 6.61 Å². The molecule has 1 fully saturated rings. The van der Waals surface area contributed by atoms with Gasteiger partial charge >= 0.3 is 0 Å². The lowest BCUT2D eigenvalue weighted by molar-refractivity contribution is -0.128. The zero-order valence-corrected chi connectivity index (χ0v) is 12.9. The molecule has 0 spiro atoms. The van der Waals surface area contributed by atoms with Crippen molar-refractivity contribution < 1.29 is 14.7 Å². The van der Waals surface area contributed by atoms with Crippen molar-refractivity contribution in [1.82, 2.24) is 10.2 Å². The topological polar surface area (TPSA) is 69.6 Å². The number of aliphatic hydroxyl groups excluding tert-OH is 1. The lowest BCUT2D eigenvalue weighted by Gasteiger charge is -2.22. The standard InChI is InChI=1S/C15H18N2O3S/c1-15(14(20)16-2)7-8-17(10-15)13(19)12-6-5-11(21-12)4-3-9-18/h5-6,18H,7-10H2,1-2H3,(H,16,20). The fourth-order valence-electron chi connectivity index (χ4n) is 2.42. The van der Waals surface area contributed by atoms with E-state index in [0.29, 0.717) is 24.4 Å². The van der Waals surface area contributed by atoms with Crippen molar-refractivity contribution in [2.45, 2.75) is 13.3 Å². The molecule has 2 rings (SSSR count). The predicted molar refractivity (Wildman–Crippen MR) is 81.0 cm³/mol. The highest BCUT2D eigenvalue weighted by atomic mass is 32.1. The van der Waals surface area contributed by atoms with E-state index in [-0.39, 0.29) is 18.4 Å². The van der Waals surface area contributed by atoms with Crippen LogP contribution in [0.3, 0.4) is 0 Å². The minimum absolute atomic E-state index is 0.0292. The van der Waals surface area contributed by atoms with Gasteiger partial charge in [-0.25, -0.2) is 0 Å². The van der Waals surface area contributed by atoms with Crippen LogP contribution in [0, 0.1) is 17.3 Å². The Morgan fingerprint density at radius 3 is 2.95 bits per heavy atom. The molecule has 112 valence electrons. The molecule has 1 atom stereocenters. The van der Waals surface area contributed by atoms with Crippen molar-refractivity contribution in [2.24, 2.45) is 5.41 Å². The quantitative estimate of drug-likeness (QED) is 0.790. The number of carbonyl (C=O) groups excluding carboxylic acids is 2. The first-order chi connectivity index (χ1) is 10.00. The SMILES string of the molecule is CNC(=O)C1(C)CCN(C(=O)c2ccc(C#CCO)s2)C1. The maximum absolute atomic E-state index is 12.4. The maximum Gasteiger partial charge on any atom is 0.263 e. The molecule has 21 heavy (non-hydrogen) atoms. The second-order valence-corrected chi connectivity index (χ2v) is 6.32. The van der Waals surface area contributed by atoms with E-state index in [1.54, 1.807) is 24.1 Å². The smallest absolute Gasteiger partial charge is 0.263 e. The summed E-state index contributed by atoms with van der Waals surface area (Å²) in [5.41, 5.74) is -0.513. The molecular formula is C15H18N2O3S. The predicted octanol–water partition coefficient (Wildman–Crippen LogP) is 0.690. The van der Waals surface area contributed by atoms with Crippen LogP contribution in [0.5, 0.6) is 0 Å². The third kappa shape index (κ3) is 3.26. The fraction of sp³-hybridized carbons (Fsp3) is 0.467. The zero-order chi connectivity index (χ0) is 15.5. The first-order valence-corrected chi connectivity index (χ1v) is 7.53. The van der Waals surface area contributed by atoms with Gasteiger partial charge in [-0.05, 0) is 25.5 Å². The largest absolute Gasteiger partial charge is 0.384 e. The van der Waals surface area contributed by atoms with Crippen LogP contribution in [-0.2, 0) is 4.79 Å². The number of rotatable bonds is 2. The van der Waals surface area contributed by atoms with Crippen LogP contribution in [0.15, 0.2) is 12.1 Å². The highest BCUT2D eigenvalue weighted by Gasteiger charge is 2.41. The first kappa shape index (κ1) is 15.5. The molecule has 2 amide bonds. The van der Waals surface area contributed by atoms with E-state index >= 15 is 0 Å². The Morgan fingerprint density at radius 2 is 2.29 bits per heavy atom. The van der Waals surface area contributed by atoms with E-state index in [9.17, 15) is 9.59 Å². The van der Waals surface area contributed by atoms with E-state index < -0.39 is 5.41 Å². The van der Waals surface area contributed by atoms with Gasteiger partial charge in [-0.3, -0.25) is 9.59 Å². The number of carbonyl (C=O) groups is 2. The second-order valence-electron chi connectivity index (χ2n) is 5.24. The summed E-state index contributed by atoms with van der Waals surface area (Å²) in [4.78, 5) is 27.4. The van der Waals surface area contributed by atoms with Gasteiger partial charge < -0.3 is 15.3 Å². The number of hydrogen-bond donors (Lipinski definition) is 2. The summed E-state index contributed by atoms with van der Waals surface area (Å²) in [6.07, 6.45) is 0.668. The molecule has 6 heteroatoms. The van der Waals surface area contributed by atoms with Gasteiger partial charge in [0, 0.05) is 20.1 Å². The Hall–Kier alpha value is -1.84. The summed E-state index contributed by atoms with van der Waals surface area (Å²) in [6, 6.07) is 3.51. The van der Waals surface area contributed by atoms with Crippen LogP contribution in [0.2, 0.25) is 0 Å². The normalized spacial score (nSPS) is 20.8. The number of thiophene rings is 1. The van der Waals surface area contributed by atoms with Crippen molar-refractivity contribution in [3.05, 3.63) is 21.9 Å². The van der Waals surface area contributed by atoms with Crippen molar-refractivity contribution >= 4 is 23.2 Å². The summed E-state index contributed by atoms with van der Waals surface area (Å²) in [5.74, 6) is 5.25. The van der Waals surface area contributed by atoms with E-state index in [1.807, 2.05) is 6.92 Å². The number of nitrogens with one attached hydrogen (secondary N) is 1. The van der Waals surface area contributed by atoms with E-state index in [4.69, 9.17) is 5.11 Å². The fourth-order valence-corrected chi connectivity index (χ4v) is 3.27. The van der Waals surface area contributed by atoms with Gasteiger partial charge in [0.05, 0.1) is 15.2 Å². The maximum atomic E-state index is 12.4. The second kappa shape index (κ2) is 6.29. The molecule has 0 bridgehead atoms. The van der Waals surface area contributed by atoms with Gasteiger partial charge in [0.2, 0.25) is 5.91 Å². The van der Waals surface area contributed by atoms with Crippen LogP contribution in [0.1, 0.15) is 27.9 Å². The van der Waals surface area contributed by atoms with E-state index in [2.05, 4.69) is 17.2 Å². The molecule has 1 unspecified atom stereocenters. The molecule has 2 heterocycles. The highest BCUT2D eigenvalue weighted by molar-refractivity contribution is 7.14. The highest BCUT2D eigenvalue weighted by Crippen LogP contribution is 2.31. The molecular weight excluding hydrogens is 288 g/mol. The lowest BCUT2D eigenvalue weighted by atomic mass is 9.89. The van der Waals surface area contributed by atoms with Gasteiger partial charge in [-0.15, -0.1) is 11.3 Å². The molecule has 0 radical (unpaired) electrons. The molecule has 0 saturated carbocycles. The van der Waals surface area contributed by atoms with Crippen LogP contribution in [0.25, 0.3) is 0 Å². The minimum Gasteiger partial charge on any atom is -0.384 e. The van der Waals surface area contributed by atoms with E-state index in [0.717, 1.165) is 4.88 Å². The van der Waals surface area contributed by atoms with Crippen molar-refractivity contribution in [3.63, 3.8) is 0 Å². The van der Waals surface area contributed by atoms with Crippen molar-refractivity contribution in [2.75, 3.05) is 26.7 Å². The molecule has 1 aromatic rings. The van der Waals surface area contributed by atoms with Crippen LogP contribution in [0.4, 0.5) is 0 Å². The third-order valence-electron chi connectivity index (χ3n) is 3.64. The summed E-state index contributed by atoms with van der Waals surface area (Å²) in [7, 11) is 1.61. The average Bonchev–Trinajstić information content (AvgIpc) is 3.11. The molecule has 5 nitrogen and oxygen atoms in total. The first-order valence-electron chi connectivity index (χ1n) is 6.71. The van der Waals surface area contributed by atoms with E-state index in [1.165, 1.54) is 11.3 Å². The molecule has 1 aliphatic rings. The summed E-state index contributed by atoms with van der Waals surface area (Å²) >= 11 is 1.31. The summed E-state index contributed by atoms with van der Waals surface area (Å²) in [5, 5.41) is 11.3. The monoisotopic (exact) mass is 306 g/mol. The van der Waals surface area contributed by atoms with Crippen molar-refractivity contribution in [1.29, 1.82) is 0 Å². The number of hydrogen-bond acceptors (Lipinski definition) is 4. The number of likely N-dealkylation sites (tertiary alicyclic amines) is 1. The zero-order valence-electron chi connectivity index (χ0n) is 12.1. The minimum atomic E-state index is -0.513. The van der Waals surface area contributed by atoms with Crippen LogP contribution < -0.4 is 5.32 Å². The van der Waals surface area contributed by atoms with Gasteiger partial charge in [0.15, 0.2) is 0 Å². The lowest BCUT2D eigenvalue weighted by Crippen LogP contribution is -2.40. The van der Waals surface area contributed by atoms with Crippen LogP contribution in [-0.4, -0.2) is 48.6 Å². The Morgan fingerprint density at radius 1 is 1.52 bits per heavy atom. The molecule has 2 N–H and O–H groups in total. The average molecular weight is 306 g/mol. The summed E-state index contributed by atoms with van der Waals surface area (Å²) in [6.45, 7) is 2.70. The number of aliphatic hydroxyl groups is 1. The van der Waals surface area contributed by atoms with Gasteiger partial charge in [-0.1, -0.05) is 11.8 Å². The van der Waals surface area contributed by atoms with Gasteiger partial charge in [0.25, 0.3) is 5.91 Å². The Kier molecular flexibility index (Phi) is 4.66. The molecule has 1 saturated heterocycles. The Balaban J connectivity index is 2.08. The van der Waals surface area contributed by atoms with Gasteiger partial charge in [-0.2, -0.15) is 0 Å². The third-order valence-corrected chi connectivity index (χ3v) is 4.63. The molecule has 1 aromatic heterocycles. The molecule has 1 aliphatic heterocycles. The summed E-state index contributed by atoms with van der Waals surface area (Å²) < 4.78 is 0. The Labute approximate surface area is 128 Å².